The number of fused-ring (bicyclic) bond motifs is 4. The van der Waals surface area contributed by atoms with E-state index in [9.17, 15) is 37.2 Å². The van der Waals surface area contributed by atoms with Crippen LogP contribution in [0.2, 0.25) is 0 Å². The van der Waals surface area contributed by atoms with Crippen LogP contribution in [-0.4, -0.2) is 119 Å². The minimum Gasteiger partial charge on any atom is -0.472 e. The van der Waals surface area contributed by atoms with E-state index in [-0.39, 0.29) is 44.7 Å². The van der Waals surface area contributed by atoms with Crippen LogP contribution in [0.5, 0.6) is 5.88 Å². The zero-order valence-corrected chi connectivity index (χ0v) is 35.4. The molecule has 17 nitrogen and oxygen atoms in total. The van der Waals surface area contributed by atoms with Crippen LogP contribution >= 0.6 is 22.6 Å². The first-order valence-electron chi connectivity index (χ1n) is 19.4. The van der Waals surface area contributed by atoms with E-state index >= 15 is 0 Å². The summed E-state index contributed by atoms with van der Waals surface area (Å²) in [5.41, 5.74) is -2.56. The molecule has 1 aromatic carbocycles. The van der Waals surface area contributed by atoms with Crippen LogP contribution in [-0.2, 0) is 43.5 Å². The van der Waals surface area contributed by atoms with Crippen molar-refractivity contribution in [3.05, 3.63) is 46.7 Å². The van der Waals surface area contributed by atoms with Gasteiger partial charge in [-0.2, -0.15) is 0 Å². The molecule has 1 aromatic heterocycles. The van der Waals surface area contributed by atoms with Crippen LogP contribution in [0, 0.1) is 9.49 Å². The molecule has 1 unspecified atom stereocenters. The molecule has 7 atom stereocenters. The third-order valence-electron chi connectivity index (χ3n) is 11.1. The molecule has 4 saturated heterocycles. The molecule has 0 spiro atoms. The Kier molecular flexibility index (Phi) is 11.4. The molecule has 2 saturated carbocycles. The van der Waals surface area contributed by atoms with E-state index < -0.39 is 98.4 Å². The number of esters is 1. The highest BCUT2D eigenvalue weighted by atomic mass is 127. The van der Waals surface area contributed by atoms with E-state index in [1.807, 2.05) is 24.3 Å². The van der Waals surface area contributed by atoms with Crippen LogP contribution in [0.3, 0.4) is 0 Å². The van der Waals surface area contributed by atoms with Crippen molar-refractivity contribution in [2.45, 2.75) is 119 Å². The van der Waals surface area contributed by atoms with E-state index in [2.05, 4.69) is 49.5 Å². The summed E-state index contributed by atoms with van der Waals surface area (Å²) in [7, 11) is -3.95. The average molecular weight is 935 g/mol. The molecular formula is C39H47IN6O11S. The highest BCUT2D eigenvalue weighted by Gasteiger charge is 2.62. The normalized spacial score (nSPS) is 27.0. The highest BCUT2D eigenvalue weighted by molar-refractivity contribution is 14.1. The SMILES string of the molecule is C=C[C@@H]1C[C@]1(NC(=O)[C@@H]1CC(Oc2nccc3cc(I)ccc23)CN1C(=O)[C@H](CCC(=O)N1C[C@@H]2CC[C@H]1C(=O)O2)NC(=O)OC(C)(C)C)C(=O)NS(=O)(=O)C1CC1. The highest BCUT2D eigenvalue weighted by Crippen LogP contribution is 2.45. The molecule has 312 valence electrons. The van der Waals surface area contributed by atoms with Gasteiger partial charge in [0.1, 0.15) is 41.5 Å². The molecule has 5 amide bonds. The van der Waals surface area contributed by atoms with E-state index in [0.717, 1.165) is 8.96 Å². The molecule has 6 fully saturated rings. The third kappa shape index (κ3) is 8.89. The number of halogens is 1. The fourth-order valence-corrected chi connectivity index (χ4v) is 9.76. The summed E-state index contributed by atoms with van der Waals surface area (Å²) in [4.78, 5) is 89.0. The first-order chi connectivity index (χ1) is 27.4. The number of likely N-dealkylation sites (tertiary alicyclic amines) is 1. The number of nitrogens with zero attached hydrogens (tertiary/aromatic N) is 3. The van der Waals surface area contributed by atoms with E-state index in [0.29, 0.717) is 31.1 Å². The lowest BCUT2D eigenvalue weighted by Gasteiger charge is -2.43. The molecule has 2 bridgehead atoms. The predicted molar refractivity (Wildman–Crippen MR) is 215 cm³/mol. The predicted octanol–water partition coefficient (Wildman–Crippen LogP) is 2.45. The van der Waals surface area contributed by atoms with Crippen molar-refractivity contribution < 1.29 is 51.4 Å². The summed E-state index contributed by atoms with van der Waals surface area (Å²) in [5.74, 6) is -3.56. The number of nitrogens with one attached hydrogen (secondary N) is 3. The van der Waals surface area contributed by atoms with Gasteiger partial charge in [0.15, 0.2) is 0 Å². The molecule has 5 heterocycles. The zero-order chi connectivity index (χ0) is 41.7. The Labute approximate surface area is 349 Å². The summed E-state index contributed by atoms with van der Waals surface area (Å²) in [6.45, 7) is 8.79. The fourth-order valence-electron chi connectivity index (χ4n) is 7.88. The van der Waals surface area contributed by atoms with Gasteiger partial charge in [-0.25, -0.2) is 23.0 Å². The lowest BCUT2D eigenvalue weighted by molar-refractivity contribution is -0.181. The Morgan fingerprint density at radius 2 is 1.86 bits per heavy atom. The molecule has 8 rings (SSSR count). The van der Waals surface area contributed by atoms with Crippen molar-refractivity contribution in [3.63, 3.8) is 0 Å². The summed E-state index contributed by atoms with van der Waals surface area (Å²) in [6, 6.07) is 4.16. The molecule has 6 aliphatic rings. The smallest absolute Gasteiger partial charge is 0.408 e. The van der Waals surface area contributed by atoms with Crippen molar-refractivity contribution in [1.29, 1.82) is 0 Å². The molecule has 4 aliphatic heterocycles. The van der Waals surface area contributed by atoms with E-state index in [1.54, 1.807) is 27.0 Å². The van der Waals surface area contributed by atoms with Gasteiger partial charge in [0, 0.05) is 33.9 Å². The number of benzene rings is 1. The standard InChI is InChI=1S/C39H47IN6O11S/c1-5-22-18-39(22,36(51)44-58(53,54)26-8-9-26)43-32(48)30-17-25(55-33-27-10-6-23(40)16-21(27)14-15-41-33)20-46(30)34(49)28(42-37(52)57-38(2,3)4)11-13-31(47)45-19-24-7-12-29(45)35(50)56-24/h5-6,10,14-16,22,24-26,28-30H,1,7-9,11-13,17-20H2,2-4H3,(H,42,52)(H,43,48)(H,44,51)/t22-,24+,25?,28+,29+,30+,39-/m1/s1. The number of pyridine rings is 1. The van der Waals surface area contributed by atoms with Gasteiger partial charge in [0.05, 0.1) is 18.3 Å². The lowest BCUT2D eigenvalue weighted by Crippen LogP contribution is -2.59. The minimum absolute atomic E-state index is 0.0616. The topological polar surface area (TPSA) is 220 Å². The average Bonchev–Trinajstić information content (AvgIpc) is 4.09. The van der Waals surface area contributed by atoms with Gasteiger partial charge in [-0.3, -0.25) is 23.9 Å². The molecule has 58 heavy (non-hydrogen) atoms. The fraction of sp³-hybridized carbons (Fsp3) is 0.564. The van der Waals surface area contributed by atoms with Gasteiger partial charge in [0.25, 0.3) is 5.91 Å². The minimum atomic E-state index is -3.95. The summed E-state index contributed by atoms with van der Waals surface area (Å²) in [5, 5.41) is 6.22. The number of alkyl carbamates (subject to hydrolysis) is 1. The van der Waals surface area contributed by atoms with Gasteiger partial charge in [-0.05, 0) is 112 Å². The summed E-state index contributed by atoms with van der Waals surface area (Å²) >= 11 is 2.20. The molecule has 2 aliphatic carbocycles. The van der Waals surface area contributed by atoms with Crippen molar-refractivity contribution in [2.24, 2.45) is 5.92 Å². The van der Waals surface area contributed by atoms with E-state index in [1.165, 1.54) is 15.9 Å². The van der Waals surface area contributed by atoms with Crippen LogP contribution < -0.4 is 20.1 Å². The zero-order valence-electron chi connectivity index (χ0n) is 32.4. The molecule has 3 N–H and O–H groups in total. The summed E-state index contributed by atoms with van der Waals surface area (Å²) in [6.07, 6.45) is 2.45. The number of amides is 5. The summed E-state index contributed by atoms with van der Waals surface area (Å²) < 4.78 is 45.8. The Morgan fingerprint density at radius 3 is 2.52 bits per heavy atom. The number of morpholine rings is 1. The third-order valence-corrected chi connectivity index (χ3v) is 13.6. The van der Waals surface area contributed by atoms with Gasteiger partial charge in [-0.1, -0.05) is 6.08 Å². The molecule has 2 aromatic rings. The Balaban J connectivity index is 1.16. The number of aromatic nitrogens is 1. The quantitative estimate of drug-likeness (QED) is 0.150. The van der Waals surface area contributed by atoms with Crippen molar-refractivity contribution >= 4 is 79.1 Å². The maximum atomic E-state index is 14.7. The number of carbonyl (C=O) groups is 6. The molecule has 0 radical (unpaired) electrons. The number of sulfonamides is 1. The van der Waals surface area contributed by atoms with Crippen LogP contribution in [0.25, 0.3) is 10.8 Å². The molecular weight excluding hydrogens is 887 g/mol. The van der Waals surface area contributed by atoms with Gasteiger partial charge >= 0.3 is 12.1 Å². The van der Waals surface area contributed by atoms with E-state index in [4.69, 9.17) is 14.2 Å². The van der Waals surface area contributed by atoms with Gasteiger partial charge in [-0.15, -0.1) is 6.58 Å². The van der Waals surface area contributed by atoms with Gasteiger partial charge < -0.3 is 34.6 Å². The Hall–Kier alpha value is -4.53. The van der Waals surface area contributed by atoms with Gasteiger partial charge in [0.2, 0.25) is 33.6 Å². The van der Waals surface area contributed by atoms with Crippen LogP contribution in [0.4, 0.5) is 4.79 Å². The first-order valence-corrected chi connectivity index (χ1v) is 22.0. The number of hydrogen-bond donors (Lipinski definition) is 3. The maximum absolute atomic E-state index is 14.7. The second kappa shape index (κ2) is 15.9. The largest absolute Gasteiger partial charge is 0.472 e. The first kappa shape index (κ1) is 41.6. The van der Waals surface area contributed by atoms with Crippen molar-refractivity contribution in [2.75, 3.05) is 13.1 Å². The number of carbonyl (C=O) groups excluding carboxylic acids is 6. The monoisotopic (exact) mass is 934 g/mol. The number of piperidine rings is 1. The van der Waals surface area contributed by atoms with Crippen molar-refractivity contribution in [1.82, 2.24) is 30.1 Å². The second-order valence-electron chi connectivity index (χ2n) is 16.6. The number of hydrogen-bond acceptors (Lipinski definition) is 12. The number of ether oxygens (including phenoxy) is 3. The van der Waals surface area contributed by atoms with Crippen LogP contribution in [0.15, 0.2) is 43.1 Å². The van der Waals surface area contributed by atoms with Crippen molar-refractivity contribution in [3.8, 4) is 5.88 Å². The number of rotatable bonds is 13. The lowest BCUT2D eigenvalue weighted by atomic mass is 9.95. The molecule has 19 heteroatoms. The maximum Gasteiger partial charge on any atom is 0.408 e. The van der Waals surface area contributed by atoms with Crippen LogP contribution in [0.1, 0.15) is 72.1 Å². The Bertz CT molecular complexity index is 2160. The second-order valence-corrected chi connectivity index (χ2v) is 19.8. The Morgan fingerprint density at radius 1 is 1.10 bits per heavy atom.